The van der Waals surface area contributed by atoms with Gasteiger partial charge in [-0.05, 0) is 48.9 Å². The third-order valence-electron chi connectivity index (χ3n) is 5.36. The van der Waals surface area contributed by atoms with Crippen LogP contribution < -0.4 is 4.90 Å². The maximum absolute atomic E-state index is 4.21. The number of pyridine rings is 1. The summed E-state index contributed by atoms with van der Waals surface area (Å²) in [6.45, 7) is 4.82. The minimum absolute atomic E-state index is 0.730. The van der Waals surface area contributed by atoms with Gasteiger partial charge in [-0.2, -0.15) is 0 Å². The number of piperidine rings is 1. The zero-order valence-electron chi connectivity index (χ0n) is 13.7. The second-order valence-electron chi connectivity index (χ2n) is 6.76. The first-order chi connectivity index (χ1) is 11.4. The van der Waals surface area contributed by atoms with Crippen LogP contribution in [-0.2, 0) is 12.8 Å². The van der Waals surface area contributed by atoms with Crippen LogP contribution in [0.25, 0.3) is 0 Å². The molecule has 0 saturated carbocycles. The lowest BCUT2D eigenvalue weighted by Gasteiger charge is -2.38. The topological polar surface area (TPSA) is 19.4 Å². The van der Waals surface area contributed by atoms with Crippen molar-refractivity contribution < 1.29 is 0 Å². The molecule has 0 N–H and O–H groups in total. The zero-order valence-corrected chi connectivity index (χ0v) is 13.7. The van der Waals surface area contributed by atoms with Crippen molar-refractivity contribution in [2.45, 2.75) is 31.7 Å². The summed E-state index contributed by atoms with van der Waals surface area (Å²) in [5.41, 5.74) is 4.37. The Morgan fingerprint density at radius 1 is 1.00 bits per heavy atom. The molecule has 3 heterocycles. The largest absolute Gasteiger partial charge is 0.368 e. The Morgan fingerprint density at radius 2 is 1.87 bits per heavy atom. The summed E-state index contributed by atoms with van der Waals surface area (Å²) in [7, 11) is 0. The maximum Gasteiger partial charge on any atom is 0.0402 e. The Balaban J connectivity index is 1.30. The summed E-state index contributed by atoms with van der Waals surface area (Å²) >= 11 is 0. The Labute approximate surface area is 139 Å². The molecule has 3 heteroatoms. The highest BCUT2D eigenvalue weighted by Crippen LogP contribution is 2.32. The normalized spacial score (nSPS) is 19.0. The monoisotopic (exact) mass is 307 g/mol. The Morgan fingerprint density at radius 3 is 2.70 bits per heavy atom. The predicted molar refractivity (Wildman–Crippen MR) is 94.9 cm³/mol. The van der Waals surface area contributed by atoms with E-state index in [1.807, 2.05) is 18.5 Å². The highest BCUT2D eigenvalue weighted by atomic mass is 15.2. The molecule has 0 atom stereocenters. The van der Waals surface area contributed by atoms with E-state index in [1.165, 1.54) is 55.7 Å². The van der Waals surface area contributed by atoms with Crippen LogP contribution in [0.5, 0.6) is 0 Å². The van der Waals surface area contributed by atoms with Crippen molar-refractivity contribution in [2.75, 3.05) is 31.1 Å². The summed E-state index contributed by atoms with van der Waals surface area (Å²) in [4.78, 5) is 9.49. The van der Waals surface area contributed by atoms with Crippen LogP contribution in [-0.4, -0.2) is 42.1 Å². The summed E-state index contributed by atoms with van der Waals surface area (Å²) in [6, 6.07) is 13.9. The van der Waals surface area contributed by atoms with E-state index in [0.29, 0.717) is 0 Å². The third kappa shape index (κ3) is 3.25. The van der Waals surface area contributed by atoms with Crippen molar-refractivity contribution in [1.29, 1.82) is 0 Å². The number of benzene rings is 1. The van der Waals surface area contributed by atoms with Crippen LogP contribution in [0.2, 0.25) is 0 Å². The lowest BCUT2D eigenvalue weighted by atomic mass is 10.0. The first kappa shape index (κ1) is 14.7. The minimum Gasteiger partial charge on any atom is -0.368 e. The number of aromatic nitrogens is 1. The molecule has 23 heavy (non-hydrogen) atoms. The number of likely N-dealkylation sites (tertiary alicyclic amines) is 1. The Bertz CT molecular complexity index is 632. The number of hydrogen-bond acceptors (Lipinski definition) is 3. The lowest BCUT2D eigenvalue weighted by molar-refractivity contribution is 0.212. The summed E-state index contributed by atoms with van der Waals surface area (Å²) < 4.78 is 0. The number of para-hydroxylation sites is 1. The highest BCUT2D eigenvalue weighted by molar-refractivity contribution is 5.58. The molecule has 0 aliphatic carbocycles. The summed E-state index contributed by atoms with van der Waals surface area (Å²) in [5.74, 6) is 0. The van der Waals surface area contributed by atoms with Crippen LogP contribution in [0.3, 0.4) is 0 Å². The van der Waals surface area contributed by atoms with Gasteiger partial charge in [0.1, 0.15) is 0 Å². The van der Waals surface area contributed by atoms with Crippen molar-refractivity contribution in [3.63, 3.8) is 0 Å². The second kappa shape index (κ2) is 6.71. The quantitative estimate of drug-likeness (QED) is 0.865. The molecular formula is C20H25N3. The molecule has 2 aliphatic rings. The Hall–Kier alpha value is -1.87. The van der Waals surface area contributed by atoms with E-state index >= 15 is 0 Å². The van der Waals surface area contributed by atoms with E-state index in [2.05, 4.69) is 45.1 Å². The Kier molecular flexibility index (Phi) is 4.29. The molecule has 2 aliphatic heterocycles. The molecule has 120 valence electrons. The van der Waals surface area contributed by atoms with E-state index < -0.39 is 0 Å². The van der Waals surface area contributed by atoms with E-state index in [1.54, 1.807) is 0 Å². The van der Waals surface area contributed by atoms with Crippen molar-refractivity contribution in [1.82, 2.24) is 9.88 Å². The molecule has 1 aromatic heterocycles. The van der Waals surface area contributed by atoms with Crippen LogP contribution in [0.4, 0.5) is 5.69 Å². The minimum atomic E-state index is 0.730. The number of fused-ring (bicyclic) bond motifs is 1. The number of nitrogens with zero attached hydrogens (tertiary/aromatic N) is 3. The molecule has 2 aromatic rings. The first-order valence-electron chi connectivity index (χ1n) is 8.86. The number of rotatable bonds is 4. The fourth-order valence-electron chi connectivity index (χ4n) is 4.03. The van der Waals surface area contributed by atoms with Gasteiger partial charge in [0.05, 0.1) is 0 Å². The molecular weight excluding hydrogens is 282 g/mol. The number of anilines is 1. The third-order valence-corrected chi connectivity index (χ3v) is 5.36. The van der Waals surface area contributed by atoms with Crippen molar-refractivity contribution in [3.8, 4) is 0 Å². The highest BCUT2D eigenvalue weighted by Gasteiger charge is 2.28. The predicted octanol–water partition coefficient (Wildman–Crippen LogP) is 3.15. The van der Waals surface area contributed by atoms with Gasteiger partial charge in [0, 0.05) is 50.3 Å². The molecule has 0 spiro atoms. The van der Waals surface area contributed by atoms with Gasteiger partial charge in [0.2, 0.25) is 0 Å². The molecule has 0 amide bonds. The fourth-order valence-corrected chi connectivity index (χ4v) is 4.03. The van der Waals surface area contributed by atoms with Gasteiger partial charge in [-0.3, -0.25) is 4.98 Å². The molecule has 3 nitrogen and oxygen atoms in total. The average Bonchev–Trinajstić information content (AvgIpc) is 3.05. The molecule has 1 fully saturated rings. The van der Waals surface area contributed by atoms with Crippen molar-refractivity contribution in [3.05, 3.63) is 59.9 Å². The molecule has 4 rings (SSSR count). The van der Waals surface area contributed by atoms with Crippen molar-refractivity contribution >= 4 is 5.69 Å². The van der Waals surface area contributed by atoms with Gasteiger partial charge in [0.25, 0.3) is 0 Å². The fraction of sp³-hybridized carbons (Fsp3) is 0.450. The van der Waals surface area contributed by atoms with E-state index in [4.69, 9.17) is 0 Å². The van der Waals surface area contributed by atoms with Crippen LogP contribution in [0.15, 0.2) is 48.8 Å². The SMILES string of the molecule is c1cncc(CCN2CCC(N3CCc4ccccc43)CC2)c1. The van der Waals surface area contributed by atoms with Gasteiger partial charge in [-0.1, -0.05) is 24.3 Å². The van der Waals surface area contributed by atoms with Gasteiger partial charge < -0.3 is 9.80 Å². The zero-order chi connectivity index (χ0) is 15.5. The van der Waals surface area contributed by atoms with E-state index in [9.17, 15) is 0 Å². The molecule has 1 saturated heterocycles. The summed E-state index contributed by atoms with van der Waals surface area (Å²) in [6.07, 6.45) is 8.77. The van der Waals surface area contributed by atoms with Crippen LogP contribution >= 0.6 is 0 Å². The first-order valence-corrected chi connectivity index (χ1v) is 8.86. The van der Waals surface area contributed by atoms with Gasteiger partial charge in [-0.25, -0.2) is 0 Å². The molecule has 0 bridgehead atoms. The smallest absolute Gasteiger partial charge is 0.0402 e. The molecule has 0 unspecified atom stereocenters. The average molecular weight is 307 g/mol. The molecule has 1 aromatic carbocycles. The molecule has 0 radical (unpaired) electrons. The van der Waals surface area contributed by atoms with E-state index in [-0.39, 0.29) is 0 Å². The standard InChI is InChI=1S/C20H25N3/c1-2-6-20-18(5-1)8-15-23(20)19-9-13-22(14-10-19)12-7-17-4-3-11-21-16-17/h1-6,11,16,19H,7-10,12-15H2. The second-order valence-corrected chi connectivity index (χ2v) is 6.76. The number of hydrogen-bond donors (Lipinski definition) is 0. The summed E-state index contributed by atoms with van der Waals surface area (Å²) in [5, 5.41) is 0. The van der Waals surface area contributed by atoms with Gasteiger partial charge in [0.15, 0.2) is 0 Å². The van der Waals surface area contributed by atoms with Gasteiger partial charge >= 0.3 is 0 Å². The van der Waals surface area contributed by atoms with Gasteiger partial charge in [-0.15, -0.1) is 0 Å². The van der Waals surface area contributed by atoms with Crippen LogP contribution in [0, 0.1) is 0 Å². The van der Waals surface area contributed by atoms with Crippen molar-refractivity contribution in [2.24, 2.45) is 0 Å². The maximum atomic E-state index is 4.21. The van der Waals surface area contributed by atoms with E-state index in [0.717, 1.165) is 19.0 Å². The lowest BCUT2D eigenvalue weighted by Crippen LogP contribution is -2.44. The van der Waals surface area contributed by atoms with Crippen LogP contribution in [0.1, 0.15) is 24.0 Å².